The number of nitrogens with zero attached hydrogens (tertiary/aromatic N) is 1. The minimum atomic E-state index is -3.81. The van der Waals surface area contributed by atoms with E-state index in [9.17, 15) is 18.0 Å². The molecule has 0 saturated heterocycles. The van der Waals surface area contributed by atoms with Crippen LogP contribution in [0.15, 0.2) is 53.7 Å². The van der Waals surface area contributed by atoms with Gasteiger partial charge < -0.3 is 15.8 Å². The number of hydrogen-bond acceptors (Lipinski definition) is 7. The number of ether oxygens (including phenoxy) is 1. The van der Waals surface area contributed by atoms with Crippen molar-refractivity contribution in [3.8, 4) is 0 Å². The lowest BCUT2D eigenvalue weighted by Gasteiger charge is -2.19. The number of carbonyl (C=O) groups excluding carboxylic acids is 2. The summed E-state index contributed by atoms with van der Waals surface area (Å²) in [4.78, 5) is 28.5. The molecule has 0 aliphatic heterocycles. The molecule has 10 heteroatoms. The first-order chi connectivity index (χ1) is 16.1. The quantitative estimate of drug-likeness (QED) is 0.169. The highest BCUT2D eigenvalue weighted by Crippen LogP contribution is 2.12. The van der Waals surface area contributed by atoms with Gasteiger partial charge in [0.15, 0.2) is 14.9 Å². The van der Waals surface area contributed by atoms with E-state index in [-0.39, 0.29) is 35.7 Å². The van der Waals surface area contributed by atoms with E-state index in [4.69, 9.17) is 15.9 Å². The fourth-order valence-electron chi connectivity index (χ4n) is 3.31. The maximum atomic E-state index is 12.7. The summed E-state index contributed by atoms with van der Waals surface area (Å²) in [6.45, 7) is 3.40. The van der Waals surface area contributed by atoms with Gasteiger partial charge in [0, 0.05) is 18.2 Å². The summed E-state index contributed by atoms with van der Waals surface area (Å²) in [5.41, 5.74) is 7.18. The molecule has 1 atom stereocenters. The minimum absolute atomic E-state index is 0.0140. The van der Waals surface area contributed by atoms with Crippen molar-refractivity contribution in [3.63, 3.8) is 0 Å². The second-order valence-corrected chi connectivity index (χ2v) is 10.3. The summed E-state index contributed by atoms with van der Waals surface area (Å²) in [6.07, 6.45) is 3.07. The van der Waals surface area contributed by atoms with E-state index in [0.29, 0.717) is 12.0 Å². The molecule has 0 bridgehead atoms. The lowest BCUT2D eigenvalue weighted by molar-refractivity contribution is -0.147. The van der Waals surface area contributed by atoms with Crippen molar-refractivity contribution >= 4 is 27.5 Å². The van der Waals surface area contributed by atoms with Crippen molar-refractivity contribution in [1.29, 1.82) is 5.41 Å². The van der Waals surface area contributed by atoms with Gasteiger partial charge in [0.2, 0.25) is 5.91 Å². The van der Waals surface area contributed by atoms with Gasteiger partial charge in [-0.1, -0.05) is 30.3 Å². The Morgan fingerprint density at radius 3 is 2.41 bits per heavy atom. The molecule has 184 valence electrons. The van der Waals surface area contributed by atoms with Crippen LogP contribution in [0.25, 0.3) is 0 Å². The van der Waals surface area contributed by atoms with Crippen LogP contribution in [-0.4, -0.2) is 49.0 Å². The number of nitrogen functional groups attached to an aromatic ring is 1. The van der Waals surface area contributed by atoms with E-state index in [1.54, 1.807) is 38.1 Å². The van der Waals surface area contributed by atoms with Crippen LogP contribution >= 0.6 is 0 Å². The molecule has 0 unspecified atom stereocenters. The van der Waals surface area contributed by atoms with Crippen molar-refractivity contribution in [3.05, 3.63) is 59.8 Å². The van der Waals surface area contributed by atoms with E-state index in [1.807, 2.05) is 12.1 Å². The molecular weight excluding hydrogens is 456 g/mol. The number of nitrogens with two attached hydrogens (primary N) is 1. The molecule has 0 saturated carbocycles. The van der Waals surface area contributed by atoms with Gasteiger partial charge in [-0.3, -0.25) is 15.0 Å². The fraction of sp³-hybridized carbons (Fsp3) is 0.417. The van der Waals surface area contributed by atoms with Gasteiger partial charge in [0.1, 0.15) is 5.84 Å². The fourth-order valence-corrected chi connectivity index (χ4v) is 4.72. The molecule has 0 aliphatic rings. The number of unbranched alkanes of at least 4 members (excludes halogenated alkanes) is 1. The molecule has 4 N–H and O–H groups in total. The highest BCUT2D eigenvalue weighted by atomic mass is 32.2. The van der Waals surface area contributed by atoms with Crippen LogP contribution in [0.5, 0.6) is 0 Å². The summed E-state index contributed by atoms with van der Waals surface area (Å²) in [5, 5.41) is 9.99. The zero-order valence-electron chi connectivity index (χ0n) is 19.5. The average molecular weight is 489 g/mol. The predicted molar refractivity (Wildman–Crippen MR) is 129 cm³/mol. The molecule has 1 heterocycles. The molecule has 2 aromatic rings. The molecule has 0 aliphatic carbocycles. The first kappa shape index (κ1) is 27.0. The van der Waals surface area contributed by atoms with Crippen molar-refractivity contribution < 1.29 is 22.7 Å². The molecule has 1 amide bonds. The summed E-state index contributed by atoms with van der Waals surface area (Å²) in [7, 11) is -3.81. The number of hydrogen-bond donors (Lipinski definition) is 3. The van der Waals surface area contributed by atoms with Crippen LogP contribution in [0.3, 0.4) is 0 Å². The Morgan fingerprint density at radius 2 is 1.82 bits per heavy atom. The molecule has 1 aromatic heterocycles. The Hall–Kier alpha value is -3.27. The summed E-state index contributed by atoms with van der Waals surface area (Å²) < 4.78 is 30.6. The summed E-state index contributed by atoms with van der Waals surface area (Å²) >= 11 is 0. The number of carbonyl (C=O) groups is 2. The lowest BCUT2D eigenvalue weighted by Crippen LogP contribution is -2.41. The second kappa shape index (κ2) is 12.8. The Balaban J connectivity index is 1.92. The van der Waals surface area contributed by atoms with E-state index in [0.717, 1.165) is 18.4 Å². The van der Waals surface area contributed by atoms with Gasteiger partial charge in [-0.15, -0.1) is 0 Å². The molecule has 0 fully saturated rings. The van der Waals surface area contributed by atoms with Crippen molar-refractivity contribution in [2.75, 3.05) is 5.75 Å². The number of pyridine rings is 1. The molecule has 2 rings (SSSR count). The van der Waals surface area contributed by atoms with Crippen molar-refractivity contribution in [1.82, 2.24) is 10.3 Å². The third-order valence-corrected chi connectivity index (χ3v) is 6.63. The van der Waals surface area contributed by atoms with Gasteiger partial charge in [-0.25, -0.2) is 13.4 Å². The maximum Gasteiger partial charge on any atom is 0.308 e. The SMILES string of the molecule is CC(C)OC(=O)C[C@@H](CS(=O)(=O)c1ccccn1)NC(=O)CCCCc1ccc(C(=N)N)cc1. The van der Waals surface area contributed by atoms with Crippen LogP contribution in [0, 0.1) is 5.41 Å². The largest absolute Gasteiger partial charge is 0.463 e. The number of nitrogens with one attached hydrogen (secondary N) is 2. The Labute approximate surface area is 200 Å². The van der Waals surface area contributed by atoms with Gasteiger partial charge in [0.05, 0.1) is 24.3 Å². The minimum Gasteiger partial charge on any atom is -0.463 e. The van der Waals surface area contributed by atoms with Crippen LogP contribution < -0.4 is 11.1 Å². The third-order valence-electron chi connectivity index (χ3n) is 4.91. The molecule has 1 aromatic carbocycles. The number of esters is 1. The molecule has 34 heavy (non-hydrogen) atoms. The topological polar surface area (TPSA) is 152 Å². The Morgan fingerprint density at radius 1 is 1.12 bits per heavy atom. The predicted octanol–water partition coefficient (Wildman–Crippen LogP) is 2.38. The van der Waals surface area contributed by atoms with Gasteiger partial charge in [-0.2, -0.15) is 0 Å². The summed E-state index contributed by atoms with van der Waals surface area (Å²) in [6, 6.07) is 11.0. The van der Waals surface area contributed by atoms with Crippen LogP contribution in [0.4, 0.5) is 0 Å². The number of aryl methyl sites for hydroxylation is 1. The molecule has 9 nitrogen and oxygen atoms in total. The van der Waals surface area contributed by atoms with Crippen LogP contribution in [0.1, 0.15) is 50.7 Å². The first-order valence-electron chi connectivity index (χ1n) is 11.1. The normalized spacial score (nSPS) is 12.2. The molecular formula is C24H32N4O5S. The number of rotatable bonds is 13. The van der Waals surface area contributed by atoms with E-state index in [2.05, 4.69) is 10.3 Å². The highest BCUT2D eigenvalue weighted by molar-refractivity contribution is 7.91. The van der Waals surface area contributed by atoms with Gasteiger partial charge in [-0.05, 0) is 50.8 Å². The number of amides is 1. The maximum absolute atomic E-state index is 12.7. The van der Waals surface area contributed by atoms with E-state index >= 15 is 0 Å². The number of aromatic nitrogens is 1. The number of sulfone groups is 1. The van der Waals surface area contributed by atoms with Crippen LogP contribution in [0.2, 0.25) is 0 Å². The highest BCUT2D eigenvalue weighted by Gasteiger charge is 2.26. The Bertz CT molecular complexity index is 1070. The monoisotopic (exact) mass is 488 g/mol. The summed E-state index contributed by atoms with van der Waals surface area (Å²) in [5.74, 6) is -1.35. The van der Waals surface area contributed by atoms with E-state index < -0.39 is 27.6 Å². The van der Waals surface area contributed by atoms with Crippen molar-refractivity contribution in [2.45, 2.75) is 63.1 Å². The molecule has 0 radical (unpaired) electrons. The zero-order valence-corrected chi connectivity index (χ0v) is 20.3. The average Bonchev–Trinajstić information content (AvgIpc) is 2.76. The smallest absolute Gasteiger partial charge is 0.308 e. The number of benzene rings is 1. The Kier molecular flexibility index (Phi) is 10.2. The number of amidine groups is 1. The van der Waals surface area contributed by atoms with Crippen molar-refractivity contribution in [2.24, 2.45) is 5.73 Å². The third kappa shape index (κ3) is 9.30. The lowest BCUT2D eigenvalue weighted by atomic mass is 10.0. The van der Waals surface area contributed by atoms with Gasteiger partial charge in [0.25, 0.3) is 0 Å². The first-order valence-corrected chi connectivity index (χ1v) is 12.8. The zero-order chi connectivity index (χ0) is 25.1. The van der Waals surface area contributed by atoms with Crippen LogP contribution in [-0.2, 0) is 30.6 Å². The standard InChI is InChI=1S/C24H32N4O5S/c1-17(2)33-23(30)15-20(16-34(31,32)22-9-5-6-14-27-22)28-21(29)8-4-3-7-18-10-12-19(13-11-18)24(25)26/h5-6,9-14,17,20H,3-4,7-8,15-16H2,1-2H3,(H3,25,26)(H,28,29)/t20-/m0/s1. The van der Waals surface area contributed by atoms with Gasteiger partial charge >= 0.3 is 5.97 Å². The van der Waals surface area contributed by atoms with E-state index in [1.165, 1.54) is 12.3 Å². The second-order valence-electron chi connectivity index (χ2n) is 8.27. The molecule has 0 spiro atoms.